The van der Waals surface area contributed by atoms with Crippen LogP contribution in [-0.2, 0) is 39.8 Å². The maximum atomic E-state index is 13.9. The highest BCUT2D eigenvalue weighted by Crippen LogP contribution is 2.52. The number of aromatic hydroxyl groups is 2. The van der Waals surface area contributed by atoms with Crippen LogP contribution in [0.15, 0.2) is 18.2 Å². The molecule has 0 radical (unpaired) electrons. The van der Waals surface area contributed by atoms with E-state index in [-0.39, 0.29) is 34.4 Å². The fourth-order valence-electron chi connectivity index (χ4n) is 6.57. The van der Waals surface area contributed by atoms with Gasteiger partial charge in [0.05, 0.1) is 48.5 Å². The van der Waals surface area contributed by atoms with Gasteiger partial charge in [0.25, 0.3) is 0 Å². The standard InChI is InChI=1S/C32H36N2O14/c1-12-30(45-3)15(33)8-21(47-12)48-18-10-32(43,19(35)11-46-20(36)7-16(34)31(41)42)9-14-23(18)29(40)25-24(27(14)38)26(37)13-5-4-6-17(44-2)22(13)28(25)39/h4-6,12,15-16,18,21,30,38,40,43H,7-11,33-34H2,1-3H3,(H,41,42)/t12-,15-,16?,18-,21-,30?,32-/m0/s1. The van der Waals surface area contributed by atoms with Gasteiger partial charge >= 0.3 is 11.9 Å². The molecule has 0 amide bonds. The van der Waals surface area contributed by atoms with Crippen LogP contribution in [-0.4, -0.2) is 107 Å². The number of nitrogens with two attached hydrogens (primary N) is 2. The molecule has 0 saturated carbocycles. The lowest BCUT2D eigenvalue weighted by atomic mass is 9.72. The van der Waals surface area contributed by atoms with Gasteiger partial charge in [0.1, 0.15) is 28.9 Å². The lowest BCUT2D eigenvalue weighted by Gasteiger charge is -2.42. The van der Waals surface area contributed by atoms with E-state index in [1.807, 2.05) is 0 Å². The van der Waals surface area contributed by atoms with Crippen LogP contribution in [0.25, 0.3) is 0 Å². The first kappa shape index (κ1) is 34.9. The number of Topliss-reactive ketones (excluding diaryl/α,β-unsaturated/α-hetero) is 1. The number of hydrogen-bond acceptors (Lipinski definition) is 15. The fourth-order valence-corrected chi connectivity index (χ4v) is 6.57. The zero-order chi connectivity index (χ0) is 35.2. The van der Waals surface area contributed by atoms with Crippen molar-refractivity contribution in [2.24, 2.45) is 11.5 Å². The number of phenols is 2. The predicted octanol–water partition coefficient (Wildman–Crippen LogP) is 0.00830. The monoisotopic (exact) mass is 672 g/mol. The number of aliphatic hydroxyl groups is 1. The molecule has 0 bridgehead atoms. The maximum absolute atomic E-state index is 13.9. The van der Waals surface area contributed by atoms with Crippen LogP contribution in [0.2, 0.25) is 0 Å². The predicted molar refractivity (Wildman–Crippen MR) is 161 cm³/mol. The third kappa shape index (κ3) is 6.02. The van der Waals surface area contributed by atoms with Gasteiger partial charge in [-0.25, -0.2) is 0 Å². The number of aliphatic carboxylic acids is 1. The molecule has 1 fully saturated rings. The number of carboxylic acid groups (broad SMARTS) is 1. The first-order chi connectivity index (χ1) is 22.6. The molecular formula is C32H36N2O14. The number of ether oxygens (including phenoxy) is 5. The SMILES string of the molecule is COc1cccc2c1C(=O)c1c(O)c3c(c(O)c1C2=O)C[C@@](O)(C(=O)COC(=O)CC(N)C(=O)O)C[C@@H]3O[C@H]1C[C@H](N)C(OC)[C@H](C)O1. The number of benzene rings is 2. The number of carbonyl (C=O) groups is 5. The Morgan fingerprint density at radius 1 is 1.08 bits per heavy atom. The van der Waals surface area contributed by atoms with Crippen molar-refractivity contribution < 1.29 is 68.1 Å². The van der Waals surface area contributed by atoms with Crippen molar-refractivity contribution in [2.75, 3.05) is 20.8 Å². The van der Waals surface area contributed by atoms with Gasteiger partial charge in [0.2, 0.25) is 11.6 Å². The number of hydrogen-bond donors (Lipinski definition) is 6. The van der Waals surface area contributed by atoms with Gasteiger partial charge in [-0.1, -0.05) is 12.1 Å². The second-order valence-corrected chi connectivity index (χ2v) is 12.0. The number of ketones is 3. The Labute approximate surface area is 273 Å². The largest absolute Gasteiger partial charge is 0.507 e. The van der Waals surface area contributed by atoms with Gasteiger partial charge in [-0.15, -0.1) is 0 Å². The first-order valence-electron chi connectivity index (χ1n) is 15.0. The van der Waals surface area contributed by atoms with Gasteiger partial charge in [0.15, 0.2) is 18.7 Å². The fraction of sp³-hybridized carbons (Fsp3) is 0.469. The summed E-state index contributed by atoms with van der Waals surface area (Å²) in [6.07, 6.45) is -5.55. The van der Waals surface area contributed by atoms with Crippen molar-refractivity contribution >= 4 is 29.3 Å². The number of carboxylic acids is 1. The lowest BCUT2D eigenvalue weighted by molar-refractivity contribution is -0.250. The maximum Gasteiger partial charge on any atom is 0.321 e. The number of fused-ring (bicyclic) bond motifs is 3. The van der Waals surface area contributed by atoms with E-state index in [0.717, 1.165) is 0 Å². The average molecular weight is 673 g/mol. The van der Waals surface area contributed by atoms with Crippen LogP contribution in [0.5, 0.6) is 17.2 Å². The topological polar surface area (TPSA) is 264 Å². The summed E-state index contributed by atoms with van der Waals surface area (Å²) in [6.45, 7) is 0.682. The molecule has 258 valence electrons. The Hall–Kier alpha value is -4.45. The van der Waals surface area contributed by atoms with Crippen molar-refractivity contribution in [3.05, 3.63) is 51.6 Å². The zero-order valence-corrected chi connectivity index (χ0v) is 26.3. The first-order valence-corrected chi connectivity index (χ1v) is 15.0. The summed E-state index contributed by atoms with van der Waals surface area (Å²) < 4.78 is 27.7. The molecule has 48 heavy (non-hydrogen) atoms. The van der Waals surface area contributed by atoms with Crippen molar-refractivity contribution in [3.63, 3.8) is 0 Å². The van der Waals surface area contributed by atoms with E-state index < -0.39 is 120 Å². The second-order valence-electron chi connectivity index (χ2n) is 12.0. The minimum absolute atomic E-state index is 0.0611. The van der Waals surface area contributed by atoms with Gasteiger partial charge in [-0.2, -0.15) is 0 Å². The Kier molecular flexibility index (Phi) is 9.60. The van der Waals surface area contributed by atoms with Crippen LogP contribution in [0.1, 0.15) is 75.3 Å². The van der Waals surface area contributed by atoms with Crippen LogP contribution < -0.4 is 16.2 Å². The van der Waals surface area contributed by atoms with Crippen molar-refractivity contribution in [3.8, 4) is 17.2 Å². The van der Waals surface area contributed by atoms with E-state index in [0.29, 0.717) is 0 Å². The van der Waals surface area contributed by atoms with Gasteiger partial charge in [0, 0.05) is 49.1 Å². The molecule has 0 spiro atoms. The molecule has 3 aliphatic rings. The highest BCUT2D eigenvalue weighted by molar-refractivity contribution is 6.31. The summed E-state index contributed by atoms with van der Waals surface area (Å²) >= 11 is 0. The summed E-state index contributed by atoms with van der Waals surface area (Å²) in [5.41, 5.74) is 7.47. The molecule has 2 aliphatic carbocycles. The molecule has 16 nitrogen and oxygen atoms in total. The van der Waals surface area contributed by atoms with Gasteiger partial charge in [-0.05, 0) is 13.0 Å². The number of carbonyl (C=O) groups excluding carboxylic acids is 4. The van der Waals surface area contributed by atoms with E-state index in [1.54, 1.807) is 6.92 Å². The Balaban J connectivity index is 1.57. The van der Waals surface area contributed by atoms with E-state index in [9.17, 15) is 39.3 Å². The Morgan fingerprint density at radius 2 is 1.77 bits per heavy atom. The molecular weight excluding hydrogens is 636 g/mol. The molecule has 7 atom stereocenters. The molecule has 2 aromatic carbocycles. The molecule has 1 saturated heterocycles. The summed E-state index contributed by atoms with van der Waals surface area (Å²) in [6, 6.07) is 2.12. The number of rotatable bonds is 10. The van der Waals surface area contributed by atoms with Crippen LogP contribution in [0, 0.1) is 0 Å². The molecule has 1 heterocycles. The Bertz CT molecular complexity index is 1680. The van der Waals surface area contributed by atoms with Crippen LogP contribution in [0.3, 0.4) is 0 Å². The molecule has 5 rings (SSSR count). The van der Waals surface area contributed by atoms with Gasteiger partial charge < -0.3 is 55.6 Å². The lowest BCUT2D eigenvalue weighted by Crippen LogP contribution is -2.53. The van der Waals surface area contributed by atoms with Crippen molar-refractivity contribution in [2.45, 2.75) is 74.9 Å². The van der Waals surface area contributed by atoms with Crippen molar-refractivity contribution in [1.82, 2.24) is 0 Å². The van der Waals surface area contributed by atoms with E-state index in [1.165, 1.54) is 32.4 Å². The quantitative estimate of drug-likeness (QED) is 0.122. The minimum atomic E-state index is -2.43. The molecule has 0 aromatic heterocycles. The highest BCUT2D eigenvalue weighted by Gasteiger charge is 2.50. The molecule has 2 unspecified atom stereocenters. The van der Waals surface area contributed by atoms with Crippen LogP contribution in [0.4, 0.5) is 0 Å². The summed E-state index contributed by atoms with van der Waals surface area (Å²) in [5, 5.41) is 44.0. The minimum Gasteiger partial charge on any atom is -0.507 e. The smallest absolute Gasteiger partial charge is 0.321 e. The number of esters is 1. The van der Waals surface area contributed by atoms with Crippen molar-refractivity contribution in [1.29, 1.82) is 0 Å². The van der Waals surface area contributed by atoms with Crippen LogP contribution >= 0.6 is 0 Å². The van der Waals surface area contributed by atoms with E-state index >= 15 is 0 Å². The normalized spacial score (nSPS) is 26.9. The summed E-state index contributed by atoms with van der Waals surface area (Å²) in [4.78, 5) is 64.2. The highest BCUT2D eigenvalue weighted by atomic mass is 16.7. The summed E-state index contributed by atoms with van der Waals surface area (Å²) in [5.74, 6) is -6.73. The number of methoxy groups -OCH3 is 2. The Morgan fingerprint density at radius 3 is 2.40 bits per heavy atom. The molecule has 16 heteroatoms. The zero-order valence-electron chi connectivity index (χ0n) is 26.3. The third-order valence-electron chi connectivity index (χ3n) is 8.97. The van der Waals surface area contributed by atoms with E-state index in [2.05, 4.69) is 0 Å². The van der Waals surface area contributed by atoms with E-state index in [4.69, 9.17) is 40.3 Å². The molecule has 1 aliphatic heterocycles. The average Bonchev–Trinajstić information content (AvgIpc) is 3.03. The second kappa shape index (κ2) is 13.2. The molecule has 2 aromatic rings. The third-order valence-corrected chi connectivity index (χ3v) is 8.97. The van der Waals surface area contributed by atoms with Gasteiger partial charge in [-0.3, -0.25) is 24.0 Å². The number of phenolic OH excluding ortho intramolecular Hbond substituents is 2. The summed E-state index contributed by atoms with van der Waals surface area (Å²) in [7, 11) is 2.77. The molecule has 8 N–H and O–H groups in total.